The number of nitrogens with two attached hydrogens (primary N) is 1. The molecule has 140 valence electrons. The maximum Gasteiger partial charge on any atom is 0.188 e. The molecule has 2 atom stereocenters. The first kappa shape index (κ1) is 20.5. The maximum atomic E-state index is 6.00. The number of nitrogens with one attached hydrogen (secondary N) is 1. The number of hydrogen-bond acceptors (Lipinski definition) is 3. The van der Waals surface area contributed by atoms with Crippen molar-refractivity contribution >= 4 is 29.9 Å². The molecular weight excluding hydrogens is 427 g/mol. The molecular formula is C19H31IN4O. The van der Waals surface area contributed by atoms with E-state index in [4.69, 9.17) is 10.5 Å². The number of nitrogens with zero attached hydrogens (tertiary/aromatic N) is 2. The van der Waals surface area contributed by atoms with Gasteiger partial charge in [-0.3, -0.25) is 9.89 Å². The molecule has 2 aliphatic heterocycles. The molecule has 0 radical (unpaired) electrons. The van der Waals surface area contributed by atoms with Crippen LogP contribution in [0.15, 0.2) is 35.3 Å². The van der Waals surface area contributed by atoms with Crippen molar-refractivity contribution in [3.63, 3.8) is 0 Å². The van der Waals surface area contributed by atoms with E-state index in [2.05, 4.69) is 45.5 Å². The zero-order valence-electron chi connectivity index (χ0n) is 14.9. The molecule has 0 bridgehead atoms. The predicted molar refractivity (Wildman–Crippen MR) is 113 cm³/mol. The van der Waals surface area contributed by atoms with Crippen molar-refractivity contribution in [2.45, 2.75) is 38.3 Å². The molecule has 2 unspecified atom stereocenters. The van der Waals surface area contributed by atoms with Crippen molar-refractivity contribution in [1.29, 1.82) is 0 Å². The summed E-state index contributed by atoms with van der Waals surface area (Å²) in [5, 5.41) is 3.20. The quantitative estimate of drug-likeness (QED) is 0.391. The summed E-state index contributed by atoms with van der Waals surface area (Å²) in [5.41, 5.74) is 7.39. The largest absolute Gasteiger partial charge is 0.376 e. The standard InChI is InChI=1S/C19H30N4O.HI/c20-19(22-13-18-9-5-11-24-18)21-12-17-8-4-10-23(15-17)14-16-6-2-1-3-7-16;/h1-3,6-7,17-18H,4-5,8-15H2,(H3,20,21,22);1H. The van der Waals surface area contributed by atoms with Crippen molar-refractivity contribution in [3.8, 4) is 0 Å². The zero-order chi connectivity index (χ0) is 16.6. The van der Waals surface area contributed by atoms with E-state index >= 15 is 0 Å². The molecule has 3 rings (SSSR count). The number of rotatable bonds is 6. The Morgan fingerprint density at radius 1 is 1.24 bits per heavy atom. The first-order chi connectivity index (χ1) is 11.8. The topological polar surface area (TPSA) is 62.9 Å². The monoisotopic (exact) mass is 458 g/mol. The molecule has 0 amide bonds. The minimum absolute atomic E-state index is 0. The average molecular weight is 458 g/mol. The first-order valence-electron chi connectivity index (χ1n) is 9.21. The van der Waals surface area contributed by atoms with Crippen molar-refractivity contribution < 1.29 is 4.74 Å². The number of aliphatic imine (C=N–C) groups is 1. The third-order valence-corrected chi connectivity index (χ3v) is 4.91. The van der Waals surface area contributed by atoms with Crippen LogP contribution in [-0.2, 0) is 11.3 Å². The third-order valence-electron chi connectivity index (χ3n) is 4.91. The second-order valence-electron chi connectivity index (χ2n) is 6.97. The van der Waals surface area contributed by atoms with Crippen LogP contribution in [0.2, 0.25) is 0 Å². The minimum Gasteiger partial charge on any atom is -0.376 e. The van der Waals surface area contributed by atoms with Crippen molar-refractivity contribution in [1.82, 2.24) is 10.2 Å². The number of hydrogen-bond donors (Lipinski definition) is 2. The molecule has 2 aliphatic rings. The fraction of sp³-hybridized carbons (Fsp3) is 0.632. The Morgan fingerprint density at radius 2 is 2.08 bits per heavy atom. The van der Waals surface area contributed by atoms with Gasteiger partial charge in [0.15, 0.2) is 5.96 Å². The van der Waals surface area contributed by atoms with E-state index in [1.54, 1.807) is 0 Å². The van der Waals surface area contributed by atoms with E-state index in [0.717, 1.165) is 45.6 Å². The highest BCUT2D eigenvalue weighted by Gasteiger charge is 2.20. The highest BCUT2D eigenvalue weighted by Crippen LogP contribution is 2.19. The van der Waals surface area contributed by atoms with Gasteiger partial charge in [-0.1, -0.05) is 30.3 Å². The Labute approximate surface area is 168 Å². The highest BCUT2D eigenvalue weighted by molar-refractivity contribution is 14.0. The van der Waals surface area contributed by atoms with Gasteiger partial charge in [0.1, 0.15) is 0 Å². The van der Waals surface area contributed by atoms with Crippen molar-refractivity contribution in [2.24, 2.45) is 16.6 Å². The molecule has 2 heterocycles. The van der Waals surface area contributed by atoms with Crippen LogP contribution < -0.4 is 11.1 Å². The number of halogens is 1. The van der Waals surface area contributed by atoms with Crippen LogP contribution in [0, 0.1) is 5.92 Å². The number of likely N-dealkylation sites (tertiary alicyclic amines) is 1. The van der Waals surface area contributed by atoms with Gasteiger partial charge in [0.25, 0.3) is 0 Å². The molecule has 2 saturated heterocycles. The summed E-state index contributed by atoms with van der Waals surface area (Å²) < 4.78 is 5.59. The van der Waals surface area contributed by atoms with E-state index in [1.165, 1.54) is 24.9 Å². The van der Waals surface area contributed by atoms with Crippen molar-refractivity contribution in [2.75, 3.05) is 32.8 Å². The number of benzene rings is 1. The van der Waals surface area contributed by atoms with Gasteiger partial charge < -0.3 is 15.8 Å². The molecule has 3 N–H and O–H groups in total. The minimum atomic E-state index is 0. The molecule has 0 spiro atoms. The van der Waals surface area contributed by atoms with Gasteiger partial charge in [0.2, 0.25) is 0 Å². The fourth-order valence-corrected chi connectivity index (χ4v) is 3.59. The van der Waals surface area contributed by atoms with Gasteiger partial charge in [0, 0.05) is 32.8 Å². The summed E-state index contributed by atoms with van der Waals surface area (Å²) in [6.45, 7) is 5.80. The van der Waals surface area contributed by atoms with Gasteiger partial charge in [-0.05, 0) is 43.7 Å². The van der Waals surface area contributed by atoms with Gasteiger partial charge in [-0.15, -0.1) is 24.0 Å². The SMILES string of the molecule is I.NC(=NCC1CCCN(Cc2ccccc2)C1)NCC1CCCO1. The molecule has 0 aliphatic carbocycles. The van der Waals surface area contributed by atoms with E-state index < -0.39 is 0 Å². The van der Waals surface area contributed by atoms with Gasteiger partial charge in [-0.2, -0.15) is 0 Å². The lowest BCUT2D eigenvalue weighted by molar-refractivity contribution is 0.114. The Morgan fingerprint density at radius 3 is 2.84 bits per heavy atom. The maximum absolute atomic E-state index is 6.00. The van der Waals surface area contributed by atoms with Crippen molar-refractivity contribution in [3.05, 3.63) is 35.9 Å². The van der Waals surface area contributed by atoms with Gasteiger partial charge in [0.05, 0.1) is 6.10 Å². The van der Waals surface area contributed by atoms with Crippen LogP contribution in [0.5, 0.6) is 0 Å². The summed E-state index contributed by atoms with van der Waals surface area (Å²) in [7, 11) is 0. The number of guanidine groups is 1. The molecule has 1 aromatic carbocycles. The zero-order valence-corrected chi connectivity index (χ0v) is 17.2. The van der Waals surface area contributed by atoms with Crippen LogP contribution in [0.4, 0.5) is 0 Å². The Balaban J connectivity index is 0.00000225. The summed E-state index contributed by atoms with van der Waals surface area (Å²) in [6.07, 6.45) is 5.07. The fourth-order valence-electron chi connectivity index (χ4n) is 3.59. The normalized spacial score (nSPS) is 24.7. The molecule has 2 fully saturated rings. The van der Waals surface area contributed by atoms with E-state index in [1.807, 2.05) is 0 Å². The van der Waals surface area contributed by atoms with Crippen LogP contribution in [-0.4, -0.2) is 49.7 Å². The lowest BCUT2D eigenvalue weighted by atomic mass is 9.98. The summed E-state index contributed by atoms with van der Waals surface area (Å²) in [4.78, 5) is 7.09. The Hall–Kier alpha value is -0.860. The molecule has 0 aromatic heterocycles. The lowest BCUT2D eigenvalue weighted by Crippen LogP contribution is -2.39. The Bertz CT molecular complexity index is 519. The number of piperidine rings is 1. The van der Waals surface area contributed by atoms with Gasteiger partial charge in [-0.25, -0.2) is 0 Å². The van der Waals surface area contributed by atoms with E-state index in [0.29, 0.717) is 18.0 Å². The van der Waals surface area contributed by atoms with Crippen LogP contribution in [0.25, 0.3) is 0 Å². The number of ether oxygens (including phenoxy) is 1. The lowest BCUT2D eigenvalue weighted by Gasteiger charge is -2.32. The third kappa shape index (κ3) is 7.11. The molecule has 6 heteroatoms. The summed E-state index contributed by atoms with van der Waals surface area (Å²) >= 11 is 0. The Kier molecular flexibility index (Phi) is 8.98. The molecule has 0 saturated carbocycles. The van der Waals surface area contributed by atoms with Crippen LogP contribution in [0.1, 0.15) is 31.2 Å². The van der Waals surface area contributed by atoms with E-state index in [-0.39, 0.29) is 24.0 Å². The first-order valence-corrected chi connectivity index (χ1v) is 9.21. The molecule has 5 nitrogen and oxygen atoms in total. The average Bonchev–Trinajstić information content (AvgIpc) is 3.13. The molecule has 1 aromatic rings. The van der Waals surface area contributed by atoms with Crippen LogP contribution in [0.3, 0.4) is 0 Å². The second-order valence-corrected chi connectivity index (χ2v) is 6.97. The summed E-state index contributed by atoms with van der Waals surface area (Å²) in [5.74, 6) is 1.16. The summed E-state index contributed by atoms with van der Waals surface area (Å²) in [6, 6.07) is 10.7. The predicted octanol–water partition coefficient (Wildman–Crippen LogP) is 2.60. The second kappa shape index (κ2) is 11.0. The van der Waals surface area contributed by atoms with E-state index in [9.17, 15) is 0 Å². The van der Waals surface area contributed by atoms with Crippen LogP contribution >= 0.6 is 24.0 Å². The highest BCUT2D eigenvalue weighted by atomic mass is 127. The molecule has 25 heavy (non-hydrogen) atoms. The van der Waals surface area contributed by atoms with Gasteiger partial charge >= 0.3 is 0 Å². The smallest absolute Gasteiger partial charge is 0.188 e.